The fourth-order valence-electron chi connectivity index (χ4n) is 2.99. The number of hydrogen-bond donors (Lipinski definition) is 0. The Morgan fingerprint density at radius 1 is 1.06 bits per heavy atom. The molecule has 2 rings (SSSR count). The van der Waals surface area contributed by atoms with Gasteiger partial charge in [0.1, 0.15) is 0 Å². The minimum atomic E-state index is 0.716. The van der Waals surface area contributed by atoms with E-state index >= 15 is 0 Å². The average Bonchev–Trinajstić information content (AvgIpc) is 2.26. The molecule has 0 aromatic rings. The lowest BCUT2D eigenvalue weighted by Crippen LogP contribution is -2.17. The zero-order chi connectivity index (χ0) is 12.3. The highest BCUT2D eigenvalue weighted by molar-refractivity contribution is 5.21. The Balaban J connectivity index is 2.01. The van der Waals surface area contributed by atoms with Crippen LogP contribution in [-0.2, 0) is 4.74 Å². The second-order valence-corrected chi connectivity index (χ2v) is 5.63. The van der Waals surface area contributed by atoms with E-state index in [1.807, 2.05) is 0 Å². The van der Waals surface area contributed by atoms with Crippen molar-refractivity contribution in [2.24, 2.45) is 5.92 Å². The summed E-state index contributed by atoms with van der Waals surface area (Å²) in [6.45, 7) is 7.46. The average molecular weight is 234 g/mol. The molecule has 0 radical (unpaired) electrons. The molecule has 0 aliphatic heterocycles. The van der Waals surface area contributed by atoms with Gasteiger partial charge in [-0.15, -0.1) is 0 Å². The maximum Gasteiger partial charge on any atom is 0.0982 e. The maximum atomic E-state index is 5.94. The molecule has 0 amide bonds. The van der Waals surface area contributed by atoms with Crippen molar-refractivity contribution >= 4 is 0 Å². The molecule has 0 N–H and O–H groups in total. The minimum absolute atomic E-state index is 0.716. The van der Waals surface area contributed by atoms with Crippen LogP contribution in [0.2, 0.25) is 0 Å². The molecular weight excluding hydrogens is 208 g/mol. The van der Waals surface area contributed by atoms with Crippen molar-refractivity contribution in [2.75, 3.05) is 6.61 Å². The number of ether oxygens (including phenoxy) is 1. The lowest BCUT2D eigenvalue weighted by molar-refractivity contribution is 0.168. The molecule has 0 bridgehead atoms. The van der Waals surface area contributed by atoms with Crippen LogP contribution in [-0.4, -0.2) is 6.61 Å². The van der Waals surface area contributed by atoms with Crippen LogP contribution in [0, 0.1) is 5.92 Å². The van der Waals surface area contributed by atoms with Gasteiger partial charge in [0.25, 0.3) is 0 Å². The van der Waals surface area contributed by atoms with Crippen molar-refractivity contribution in [1.29, 1.82) is 0 Å². The topological polar surface area (TPSA) is 9.23 Å². The zero-order valence-corrected chi connectivity index (χ0v) is 11.6. The fourth-order valence-corrected chi connectivity index (χ4v) is 2.99. The number of allylic oxidation sites excluding steroid dienone is 4. The summed E-state index contributed by atoms with van der Waals surface area (Å²) in [7, 11) is 0. The summed E-state index contributed by atoms with van der Waals surface area (Å²) in [5.74, 6) is 2.10. The van der Waals surface area contributed by atoms with Crippen molar-refractivity contribution in [2.45, 2.75) is 65.7 Å². The van der Waals surface area contributed by atoms with Crippen molar-refractivity contribution in [1.82, 2.24) is 0 Å². The molecule has 96 valence electrons. The van der Waals surface area contributed by atoms with Gasteiger partial charge in [0.05, 0.1) is 12.4 Å². The van der Waals surface area contributed by atoms with Crippen molar-refractivity contribution in [3.63, 3.8) is 0 Å². The lowest BCUT2D eigenvalue weighted by atomic mass is 9.79. The Labute approximate surface area is 106 Å². The first-order chi connectivity index (χ1) is 8.22. The van der Waals surface area contributed by atoms with Crippen LogP contribution in [0.15, 0.2) is 22.5 Å². The van der Waals surface area contributed by atoms with Crippen LogP contribution in [0.25, 0.3) is 0 Å². The molecule has 0 unspecified atom stereocenters. The first-order valence-corrected chi connectivity index (χ1v) is 7.22. The molecule has 2 aliphatic carbocycles. The molecule has 17 heavy (non-hydrogen) atoms. The van der Waals surface area contributed by atoms with Gasteiger partial charge in [0.2, 0.25) is 0 Å². The number of rotatable bonds is 3. The van der Waals surface area contributed by atoms with E-state index in [4.69, 9.17) is 4.74 Å². The summed E-state index contributed by atoms with van der Waals surface area (Å²) >= 11 is 0. The molecule has 1 nitrogen and oxygen atoms in total. The summed E-state index contributed by atoms with van der Waals surface area (Å²) in [6, 6.07) is 0. The quantitative estimate of drug-likeness (QED) is 0.494. The minimum Gasteiger partial charge on any atom is -0.498 e. The van der Waals surface area contributed by atoms with Crippen LogP contribution in [0.3, 0.4) is 0 Å². The molecule has 0 heterocycles. The van der Waals surface area contributed by atoms with Gasteiger partial charge in [0.15, 0.2) is 0 Å². The van der Waals surface area contributed by atoms with E-state index in [0.717, 1.165) is 6.61 Å². The van der Waals surface area contributed by atoms with Gasteiger partial charge < -0.3 is 4.74 Å². The van der Waals surface area contributed by atoms with Crippen LogP contribution in [0.5, 0.6) is 0 Å². The summed E-state index contributed by atoms with van der Waals surface area (Å²) in [6.07, 6.45) is 9.15. The third-order valence-electron chi connectivity index (χ3n) is 4.27. The van der Waals surface area contributed by atoms with E-state index in [1.54, 1.807) is 11.1 Å². The van der Waals surface area contributed by atoms with E-state index < -0.39 is 0 Å². The third-order valence-corrected chi connectivity index (χ3v) is 4.27. The Kier molecular flexibility index (Phi) is 4.31. The van der Waals surface area contributed by atoms with Crippen molar-refractivity contribution in [3.8, 4) is 0 Å². The smallest absolute Gasteiger partial charge is 0.0982 e. The van der Waals surface area contributed by atoms with Crippen molar-refractivity contribution < 1.29 is 4.74 Å². The Morgan fingerprint density at radius 3 is 2.12 bits per heavy atom. The molecule has 0 atom stereocenters. The number of hydrogen-bond acceptors (Lipinski definition) is 1. The van der Waals surface area contributed by atoms with Gasteiger partial charge >= 0.3 is 0 Å². The van der Waals surface area contributed by atoms with E-state index in [-0.39, 0.29) is 0 Å². The van der Waals surface area contributed by atoms with Crippen LogP contribution >= 0.6 is 0 Å². The Bertz CT molecular complexity index is 315. The Morgan fingerprint density at radius 2 is 1.71 bits per heavy atom. The highest BCUT2D eigenvalue weighted by atomic mass is 16.5. The van der Waals surface area contributed by atoms with Crippen molar-refractivity contribution in [3.05, 3.63) is 22.5 Å². The molecular formula is C16H26O. The van der Waals surface area contributed by atoms with E-state index in [9.17, 15) is 0 Å². The molecule has 2 aliphatic rings. The van der Waals surface area contributed by atoms with E-state index in [1.165, 1.54) is 56.3 Å². The summed E-state index contributed by atoms with van der Waals surface area (Å²) in [5, 5.41) is 0. The fraction of sp³-hybridized carbons (Fsp3) is 0.750. The summed E-state index contributed by atoms with van der Waals surface area (Å²) < 4.78 is 5.94. The van der Waals surface area contributed by atoms with E-state index in [0.29, 0.717) is 5.92 Å². The first-order valence-electron chi connectivity index (χ1n) is 7.22. The van der Waals surface area contributed by atoms with Gasteiger partial charge in [-0.3, -0.25) is 0 Å². The summed E-state index contributed by atoms with van der Waals surface area (Å²) in [5.41, 5.74) is 4.85. The first kappa shape index (κ1) is 12.7. The summed E-state index contributed by atoms with van der Waals surface area (Å²) in [4.78, 5) is 0. The monoisotopic (exact) mass is 234 g/mol. The lowest BCUT2D eigenvalue weighted by Gasteiger charge is -2.31. The molecule has 2 saturated carbocycles. The van der Waals surface area contributed by atoms with Crippen LogP contribution in [0.4, 0.5) is 0 Å². The third kappa shape index (κ3) is 2.94. The maximum absolute atomic E-state index is 5.94. The molecule has 2 fully saturated rings. The highest BCUT2D eigenvalue weighted by Crippen LogP contribution is 2.40. The normalized spacial score (nSPS) is 24.3. The second-order valence-electron chi connectivity index (χ2n) is 5.63. The largest absolute Gasteiger partial charge is 0.498 e. The van der Waals surface area contributed by atoms with Gasteiger partial charge in [-0.2, -0.15) is 0 Å². The molecule has 1 heteroatoms. The Hall–Kier alpha value is -0.720. The predicted octanol–water partition coefficient (Wildman–Crippen LogP) is 4.99. The molecule has 0 spiro atoms. The second kappa shape index (κ2) is 5.75. The van der Waals surface area contributed by atoms with Gasteiger partial charge in [0, 0.05) is 5.92 Å². The molecule has 0 aromatic heterocycles. The van der Waals surface area contributed by atoms with Gasteiger partial charge in [-0.1, -0.05) is 11.1 Å². The van der Waals surface area contributed by atoms with Gasteiger partial charge in [-0.25, -0.2) is 0 Å². The van der Waals surface area contributed by atoms with E-state index in [2.05, 4.69) is 20.8 Å². The van der Waals surface area contributed by atoms with Crippen LogP contribution in [0.1, 0.15) is 65.7 Å². The zero-order valence-electron chi connectivity index (χ0n) is 11.6. The predicted molar refractivity (Wildman–Crippen MR) is 72.8 cm³/mol. The van der Waals surface area contributed by atoms with Gasteiger partial charge in [-0.05, 0) is 71.3 Å². The highest BCUT2D eigenvalue weighted by Gasteiger charge is 2.26. The standard InChI is InChI=1S/C16H26O/c1-4-17-16(14-6-5-7-14)15-10-8-13(9-11-15)12(2)3/h15H,4-11H2,1-3H3. The SMILES string of the molecule is CCOC(=C1CCC1)C1CCC(=C(C)C)CC1. The molecule has 0 saturated heterocycles. The molecule has 0 aromatic carbocycles. The van der Waals surface area contributed by atoms with Crippen LogP contribution < -0.4 is 0 Å².